The molecule has 3 rings (SSSR count). The van der Waals surface area contributed by atoms with Gasteiger partial charge in [0.1, 0.15) is 23.8 Å². The number of hydrogen-bond donors (Lipinski definition) is 5. The van der Waals surface area contributed by atoms with E-state index in [2.05, 4.69) is 15.0 Å². The Labute approximate surface area is 129 Å². The van der Waals surface area contributed by atoms with Gasteiger partial charge in [0.05, 0.1) is 12.9 Å². The molecular weight excluding hydrogens is 332 g/mol. The number of hydrogen-bond acceptors (Lipinski definition) is 10. The Morgan fingerprint density at radius 1 is 1.30 bits per heavy atom. The summed E-state index contributed by atoms with van der Waals surface area (Å²) in [7, 11) is -4.20. The quantitative estimate of drug-likeness (QED) is 0.350. The molecule has 0 unspecified atom stereocenters. The van der Waals surface area contributed by atoms with E-state index in [0.717, 1.165) is 6.33 Å². The van der Waals surface area contributed by atoms with Crippen molar-refractivity contribution in [2.75, 3.05) is 12.3 Å². The number of primary sulfonamides is 1. The minimum absolute atomic E-state index is 0.0450. The Balaban J connectivity index is 2.16. The van der Waals surface area contributed by atoms with Gasteiger partial charge in [-0.05, 0) is 0 Å². The lowest BCUT2D eigenvalue weighted by Crippen LogP contribution is -2.33. The minimum atomic E-state index is -4.20. The van der Waals surface area contributed by atoms with E-state index in [1.54, 1.807) is 0 Å². The van der Waals surface area contributed by atoms with E-state index in [1.165, 1.54) is 4.57 Å². The molecule has 0 spiro atoms. The molecule has 0 saturated carbocycles. The number of sulfonamides is 1. The summed E-state index contributed by atoms with van der Waals surface area (Å²) >= 11 is 0. The van der Waals surface area contributed by atoms with Gasteiger partial charge in [-0.25, -0.2) is 18.5 Å². The number of imidazole rings is 1. The maximum Gasteiger partial charge on any atom is 0.258 e. The molecule has 1 saturated heterocycles. The standard InChI is InChI=1S/C10H14N6O6S/c11-10-14-7-4(8(15-10)23(12,20)21)13-2-16(7)9-6(19)5(18)3(1-17)22-9/h2-3,5-6,9,17-19H,1H2,(H2,11,14,15)(H2,12,20,21)/t3-,5-,6-,9-/m1/s1. The van der Waals surface area contributed by atoms with Crippen molar-refractivity contribution in [3.8, 4) is 0 Å². The van der Waals surface area contributed by atoms with Crippen LogP contribution >= 0.6 is 0 Å². The van der Waals surface area contributed by atoms with Crippen molar-refractivity contribution in [3.63, 3.8) is 0 Å². The lowest BCUT2D eigenvalue weighted by Gasteiger charge is -2.16. The van der Waals surface area contributed by atoms with Crippen LogP contribution in [0.2, 0.25) is 0 Å². The molecule has 3 heterocycles. The van der Waals surface area contributed by atoms with Crippen LogP contribution in [-0.4, -0.2) is 68.2 Å². The molecule has 1 fully saturated rings. The summed E-state index contributed by atoms with van der Waals surface area (Å²) in [6.45, 7) is -0.513. The van der Waals surface area contributed by atoms with Crippen LogP contribution in [0.5, 0.6) is 0 Å². The number of nitrogens with two attached hydrogens (primary N) is 2. The zero-order valence-corrected chi connectivity index (χ0v) is 12.3. The van der Waals surface area contributed by atoms with Crippen LogP contribution < -0.4 is 10.9 Å². The molecular formula is C10H14N6O6S. The van der Waals surface area contributed by atoms with Crippen LogP contribution in [0, 0.1) is 0 Å². The number of nitrogens with zero attached hydrogens (tertiary/aromatic N) is 4. The molecule has 0 bridgehead atoms. The van der Waals surface area contributed by atoms with E-state index in [4.69, 9.17) is 20.7 Å². The number of aliphatic hydroxyl groups is 3. The average Bonchev–Trinajstić information content (AvgIpc) is 3.00. The zero-order valence-electron chi connectivity index (χ0n) is 11.5. The summed E-state index contributed by atoms with van der Waals surface area (Å²) in [4.78, 5) is 11.3. The molecule has 0 aromatic carbocycles. The fourth-order valence-electron chi connectivity index (χ4n) is 2.40. The summed E-state index contributed by atoms with van der Waals surface area (Å²) < 4.78 is 29.7. The Morgan fingerprint density at radius 2 is 2.00 bits per heavy atom. The highest BCUT2D eigenvalue weighted by molar-refractivity contribution is 7.89. The Morgan fingerprint density at radius 3 is 2.57 bits per heavy atom. The van der Waals surface area contributed by atoms with Gasteiger partial charge in [-0.15, -0.1) is 0 Å². The number of aromatic nitrogens is 4. The SMILES string of the molecule is Nc1nc(S(N)(=O)=O)c2ncn([C@@H]3O[C@H](CO)[C@@H](O)[C@H]3O)c2n1. The topological polar surface area (TPSA) is 200 Å². The second-order valence-electron chi connectivity index (χ2n) is 4.98. The number of ether oxygens (including phenoxy) is 1. The summed E-state index contributed by atoms with van der Waals surface area (Å²) in [6.07, 6.45) is -3.73. The highest BCUT2D eigenvalue weighted by Gasteiger charge is 2.44. The largest absolute Gasteiger partial charge is 0.394 e. The lowest BCUT2D eigenvalue weighted by atomic mass is 10.1. The highest BCUT2D eigenvalue weighted by atomic mass is 32.2. The molecule has 1 aliphatic rings. The van der Waals surface area contributed by atoms with Crippen molar-refractivity contribution >= 4 is 27.1 Å². The summed E-state index contributed by atoms with van der Waals surface area (Å²) in [5, 5.41) is 33.5. The van der Waals surface area contributed by atoms with Gasteiger partial charge in [-0.1, -0.05) is 0 Å². The van der Waals surface area contributed by atoms with Gasteiger partial charge >= 0.3 is 0 Å². The van der Waals surface area contributed by atoms with Crippen molar-refractivity contribution in [2.45, 2.75) is 29.6 Å². The number of anilines is 1. The van der Waals surface area contributed by atoms with Gasteiger partial charge in [-0.2, -0.15) is 9.97 Å². The van der Waals surface area contributed by atoms with E-state index in [0.29, 0.717) is 0 Å². The first-order valence-electron chi connectivity index (χ1n) is 6.39. The van der Waals surface area contributed by atoms with Crippen molar-refractivity contribution in [3.05, 3.63) is 6.33 Å². The average molecular weight is 346 g/mol. The normalized spacial score (nSPS) is 28.5. The molecule has 23 heavy (non-hydrogen) atoms. The number of nitrogen functional groups attached to an aromatic ring is 1. The molecule has 126 valence electrons. The summed E-state index contributed by atoms with van der Waals surface area (Å²) in [5.41, 5.74) is 5.29. The van der Waals surface area contributed by atoms with Crippen molar-refractivity contribution in [2.24, 2.45) is 5.14 Å². The van der Waals surface area contributed by atoms with Crippen LogP contribution in [0.3, 0.4) is 0 Å². The van der Waals surface area contributed by atoms with Gasteiger partial charge < -0.3 is 25.8 Å². The van der Waals surface area contributed by atoms with Crippen molar-refractivity contribution in [1.29, 1.82) is 0 Å². The fraction of sp³-hybridized carbons (Fsp3) is 0.500. The Kier molecular flexibility index (Phi) is 3.70. The summed E-state index contributed by atoms with van der Waals surface area (Å²) in [5.74, 6) is -0.366. The van der Waals surface area contributed by atoms with Gasteiger partial charge in [0, 0.05) is 0 Å². The maximum absolute atomic E-state index is 11.6. The third-order valence-electron chi connectivity index (χ3n) is 3.47. The molecule has 13 heteroatoms. The minimum Gasteiger partial charge on any atom is -0.394 e. The van der Waals surface area contributed by atoms with Crippen LogP contribution in [-0.2, 0) is 14.8 Å². The highest BCUT2D eigenvalue weighted by Crippen LogP contribution is 2.32. The Hall–Kier alpha value is -1.90. The first-order valence-corrected chi connectivity index (χ1v) is 7.94. The van der Waals surface area contributed by atoms with E-state index in [-0.39, 0.29) is 17.1 Å². The lowest BCUT2D eigenvalue weighted by molar-refractivity contribution is -0.0511. The molecule has 2 aromatic rings. The molecule has 4 atom stereocenters. The molecule has 0 aliphatic carbocycles. The van der Waals surface area contributed by atoms with Gasteiger partial charge in [0.25, 0.3) is 10.0 Å². The molecule has 12 nitrogen and oxygen atoms in total. The summed E-state index contributed by atoms with van der Waals surface area (Å²) in [6, 6.07) is 0. The third-order valence-corrected chi connectivity index (χ3v) is 4.29. The predicted molar refractivity (Wildman–Crippen MR) is 74.1 cm³/mol. The van der Waals surface area contributed by atoms with Crippen molar-refractivity contribution < 1.29 is 28.5 Å². The second kappa shape index (κ2) is 5.33. The molecule has 0 amide bonds. The van der Waals surface area contributed by atoms with Gasteiger partial charge in [0.15, 0.2) is 11.9 Å². The predicted octanol–water partition coefficient (Wildman–Crippen LogP) is -3.33. The van der Waals surface area contributed by atoms with Crippen LogP contribution in [0.4, 0.5) is 5.95 Å². The van der Waals surface area contributed by atoms with E-state index in [1.807, 2.05) is 0 Å². The molecule has 0 radical (unpaired) electrons. The van der Waals surface area contributed by atoms with E-state index < -0.39 is 46.2 Å². The van der Waals surface area contributed by atoms with Crippen molar-refractivity contribution in [1.82, 2.24) is 19.5 Å². The molecule has 2 aromatic heterocycles. The molecule has 7 N–H and O–H groups in total. The fourth-order valence-corrected chi connectivity index (χ4v) is 3.04. The second-order valence-corrected chi connectivity index (χ2v) is 6.46. The number of rotatable bonds is 3. The zero-order chi connectivity index (χ0) is 16.9. The van der Waals surface area contributed by atoms with E-state index in [9.17, 15) is 18.6 Å². The van der Waals surface area contributed by atoms with Gasteiger partial charge in [0.2, 0.25) is 11.0 Å². The number of fused-ring (bicyclic) bond motifs is 1. The van der Waals surface area contributed by atoms with E-state index >= 15 is 0 Å². The van der Waals surface area contributed by atoms with Gasteiger partial charge in [-0.3, -0.25) is 4.57 Å². The van der Waals surface area contributed by atoms with Crippen LogP contribution in [0.1, 0.15) is 6.23 Å². The first-order chi connectivity index (χ1) is 10.7. The Bertz CT molecular complexity index is 853. The maximum atomic E-state index is 11.6. The van der Waals surface area contributed by atoms with Crippen LogP contribution in [0.15, 0.2) is 11.4 Å². The number of aliphatic hydroxyl groups excluding tert-OH is 3. The molecule has 1 aliphatic heterocycles. The monoisotopic (exact) mass is 346 g/mol. The van der Waals surface area contributed by atoms with Crippen LogP contribution in [0.25, 0.3) is 11.2 Å². The first kappa shape index (κ1) is 16.0. The smallest absolute Gasteiger partial charge is 0.258 e. The third kappa shape index (κ3) is 2.52.